The second kappa shape index (κ2) is 4.75. The van der Waals surface area contributed by atoms with Gasteiger partial charge in [-0.3, -0.25) is 0 Å². The molecule has 1 rings (SSSR count). The molecule has 72 valence electrons. The van der Waals surface area contributed by atoms with Crippen molar-refractivity contribution in [1.29, 1.82) is 0 Å². The summed E-state index contributed by atoms with van der Waals surface area (Å²) >= 11 is 5.79. The summed E-state index contributed by atoms with van der Waals surface area (Å²) in [6.45, 7) is 4.27. The molecule has 13 heavy (non-hydrogen) atoms. The van der Waals surface area contributed by atoms with Crippen molar-refractivity contribution in [1.82, 2.24) is 0 Å². The summed E-state index contributed by atoms with van der Waals surface area (Å²) in [5.74, 6) is 0.479. The number of benzene rings is 1. The smallest absolute Gasteiger partial charge is 0.0318 e. The Kier molecular flexibility index (Phi) is 4.19. The van der Waals surface area contributed by atoms with E-state index >= 15 is 0 Å². The lowest BCUT2D eigenvalue weighted by Gasteiger charge is -2.16. The molecule has 0 saturated heterocycles. The first-order valence-corrected chi connectivity index (χ1v) is 6.10. The Morgan fingerprint density at radius 3 is 2.46 bits per heavy atom. The zero-order valence-electron chi connectivity index (χ0n) is 7.72. The van der Waals surface area contributed by atoms with Crippen LogP contribution < -0.4 is 5.73 Å². The highest BCUT2D eigenvalue weighted by molar-refractivity contribution is 14.1. The van der Waals surface area contributed by atoms with Gasteiger partial charge in [0.05, 0.1) is 0 Å². The molecule has 0 amide bonds. The van der Waals surface area contributed by atoms with Crippen LogP contribution in [-0.4, -0.2) is 0 Å². The molecule has 1 aromatic rings. The Bertz CT molecular complexity index is 299. The summed E-state index contributed by atoms with van der Waals surface area (Å²) in [7, 11) is 0. The van der Waals surface area contributed by atoms with Gasteiger partial charge in [-0.05, 0) is 62.1 Å². The molecule has 0 spiro atoms. The first-order chi connectivity index (χ1) is 6.02. The topological polar surface area (TPSA) is 26.0 Å². The number of halogens is 2. The van der Waals surface area contributed by atoms with E-state index in [0.29, 0.717) is 5.92 Å². The number of rotatable bonds is 2. The van der Waals surface area contributed by atoms with Crippen molar-refractivity contribution >= 4 is 38.5 Å². The largest absolute Gasteiger partial charge is 0.324 e. The zero-order valence-corrected chi connectivity index (χ0v) is 11.5. The molecule has 1 aromatic carbocycles. The maximum Gasteiger partial charge on any atom is 0.0318 e. The lowest BCUT2D eigenvalue weighted by molar-refractivity contribution is 0.514. The van der Waals surface area contributed by atoms with Gasteiger partial charge in [-0.25, -0.2) is 0 Å². The van der Waals surface area contributed by atoms with Crippen LogP contribution in [0.15, 0.2) is 22.7 Å². The van der Waals surface area contributed by atoms with Crippen LogP contribution >= 0.6 is 38.5 Å². The first kappa shape index (κ1) is 11.5. The van der Waals surface area contributed by atoms with Crippen LogP contribution in [0.2, 0.25) is 0 Å². The standard InChI is InChI=1S/C10H13BrIN/c1-6(2)10(13)7-3-4-9(12)8(11)5-7/h3-6,10H,13H2,1-2H3/t10-/m0/s1. The van der Waals surface area contributed by atoms with E-state index in [1.807, 2.05) is 0 Å². The highest BCUT2D eigenvalue weighted by Gasteiger charge is 2.10. The van der Waals surface area contributed by atoms with Crippen molar-refractivity contribution in [2.45, 2.75) is 19.9 Å². The van der Waals surface area contributed by atoms with Crippen molar-refractivity contribution in [2.24, 2.45) is 11.7 Å². The fourth-order valence-corrected chi connectivity index (χ4v) is 1.84. The Hall–Kier alpha value is 0.390. The van der Waals surface area contributed by atoms with E-state index in [1.54, 1.807) is 0 Å². The van der Waals surface area contributed by atoms with Crippen molar-refractivity contribution in [3.63, 3.8) is 0 Å². The van der Waals surface area contributed by atoms with E-state index < -0.39 is 0 Å². The number of hydrogen-bond acceptors (Lipinski definition) is 1. The molecule has 0 aliphatic heterocycles. The molecule has 0 heterocycles. The predicted molar refractivity (Wildman–Crippen MR) is 68.6 cm³/mol. The molecule has 0 aromatic heterocycles. The minimum Gasteiger partial charge on any atom is -0.324 e. The Balaban J connectivity index is 2.97. The maximum absolute atomic E-state index is 6.03. The van der Waals surface area contributed by atoms with Crippen molar-refractivity contribution < 1.29 is 0 Å². The fourth-order valence-electron chi connectivity index (χ4n) is 1.10. The van der Waals surface area contributed by atoms with Crippen molar-refractivity contribution in [2.75, 3.05) is 0 Å². The average molecular weight is 354 g/mol. The quantitative estimate of drug-likeness (QED) is 0.806. The van der Waals surface area contributed by atoms with Crippen molar-refractivity contribution in [3.05, 3.63) is 31.8 Å². The minimum atomic E-state index is 0.133. The van der Waals surface area contributed by atoms with Gasteiger partial charge in [-0.15, -0.1) is 0 Å². The van der Waals surface area contributed by atoms with Crippen LogP contribution in [0, 0.1) is 9.49 Å². The third kappa shape index (κ3) is 2.92. The first-order valence-electron chi connectivity index (χ1n) is 4.23. The van der Waals surface area contributed by atoms with E-state index in [4.69, 9.17) is 5.73 Å². The highest BCUT2D eigenvalue weighted by atomic mass is 127. The summed E-state index contributed by atoms with van der Waals surface area (Å²) < 4.78 is 2.35. The van der Waals surface area contributed by atoms with E-state index in [2.05, 4.69) is 70.6 Å². The summed E-state index contributed by atoms with van der Waals surface area (Å²) in [6, 6.07) is 6.42. The van der Waals surface area contributed by atoms with E-state index in [1.165, 1.54) is 9.13 Å². The monoisotopic (exact) mass is 353 g/mol. The third-order valence-corrected chi connectivity index (χ3v) is 4.38. The highest BCUT2D eigenvalue weighted by Crippen LogP contribution is 2.25. The van der Waals surface area contributed by atoms with Gasteiger partial charge in [0.2, 0.25) is 0 Å². The average Bonchev–Trinajstić information content (AvgIpc) is 2.08. The zero-order chi connectivity index (χ0) is 10.0. The van der Waals surface area contributed by atoms with Gasteiger partial charge < -0.3 is 5.73 Å². The molecule has 1 atom stereocenters. The molecule has 0 bridgehead atoms. The predicted octanol–water partition coefficient (Wildman–Crippen LogP) is 3.71. The van der Waals surface area contributed by atoms with E-state index in [9.17, 15) is 0 Å². The minimum absolute atomic E-state index is 0.133. The normalized spacial score (nSPS) is 13.4. The molecule has 0 saturated carbocycles. The summed E-state index contributed by atoms with van der Waals surface area (Å²) in [4.78, 5) is 0. The van der Waals surface area contributed by atoms with Crippen LogP contribution in [0.4, 0.5) is 0 Å². The molecule has 2 N–H and O–H groups in total. The van der Waals surface area contributed by atoms with Crippen LogP contribution in [-0.2, 0) is 0 Å². The van der Waals surface area contributed by atoms with Crippen LogP contribution in [0.5, 0.6) is 0 Å². The van der Waals surface area contributed by atoms with E-state index in [-0.39, 0.29) is 6.04 Å². The summed E-state index contributed by atoms with van der Waals surface area (Å²) in [6.07, 6.45) is 0. The van der Waals surface area contributed by atoms with Gasteiger partial charge in [-0.2, -0.15) is 0 Å². The van der Waals surface area contributed by atoms with Crippen LogP contribution in [0.25, 0.3) is 0 Å². The second-order valence-corrected chi connectivity index (χ2v) is 5.46. The number of hydrogen-bond donors (Lipinski definition) is 1. The lowest BCUT2D eigenvalue weighted by atomic mass is 9.97. The van der Waals surface area contributed by atoms with Gasteiger partial charge >= 0.3 is 0 Å². The molecular formula is C10H13BrIN. The molecule has 0 aliphatic carbocycles. The molecule has 0 aliphatic rings. The van der Waals surface area contributed by atoms with Gasteiger partial charge in [0.25, 0.3) is 0 Å². The van der Waals surface area contributed by atoms with Gasteiger partial charge in [0, 0.05) is 14.1 Å². The van der Waals surface area contributed by atoms with Crippen molar-refractivity contribution in [3.8, 4) is 0 Å². The molecule has 3 heteroatoms. The molecule has 0 radical (unpaired) electrons. The maximum atomic E-state index is 6.03. The Morgan fingerprint density at radius 2 is 2.00 bits per heavy atom. The molecular weight excluding hydrogens is 341 g/mol. The Morgan fingerprint density at radius 1 is 1.38 bits per heavy atom. The van der Waals surface area contributed by atoms with Crippen LogP contribution in [0.3, 0.4) is 0 Å². The summed E-state index contributed by atoms with van der Waals surface area (Å²) in [5.41, 5.74) is 7.23. The molecule has 0 unspecified atom stereocenters. The van der Waals surface area contributed by atoms with Gasteiger partial charge in [0.15, 0.2) is 0 Å². The van der Waals surface area contributed by atoms with E-state index in [0.717, 1.165) is 4.47 Å². The summed E-state index contributed by atoms with van der Waals surface area (Å²) in [5, 5.41) is 0. The third-order valence-electron chi connectivity index (χ3n) is 2.05. The van der Waals surface area contributed by atoms with Gasteiger partial charge in [0.1, 0.15) is 0 Å². The van der Waals surface area contributed by atoms with Crippen LogP contribution in [0.1, 0.15) is 25.5 Å². The lowest BCUT2D eigenvalue weighted by Crippen LogP contribution is -2.16. The molecule has 1 nitrogen and oxygen atoms in total. The SMILES string of the molecule is CC(C)[C@H](N)c1ccc(I)c(Br)c1. The van der Waals surface area contributed by atoms with Gasteiger partial charge in [-0.1, -0.05) is 19.9 Å². The number of nitrogens with two attached hydrogens (primary N) is 1. The molecule has 0 fully saturated rings. The second-order valence-electron chi connectivity index (χ2n) is 3.44. The Labute approximate surface area is 101 Å². The fraction of sp³-hybridized carbons (Fsp3) is 0.400.